The normalized spacial score (nSPS) is 12.2. The molecule has 3 heteroatoms. The van der Waals surface area contributed by atoms with Crippen molar-refractivity contribution in [3.63, 3.8) is 0 Å². The number of rotatable bonds is 2. The van der Waals surface area contributed by atoms with Gasteiger partial charge < -0.3 is 10.1 Å². The fourth-order valence-electron chi connectivity index (χ4n) is 1.91. The summed E-state index contributed by atoms with van der Waals surface area (Å²) in [5.41, 5.74) is 8.24. The smallest absolute Gasteiger partial charge is 0.113 e. The zero-order chi connectivity index (χ0) is 11.8. The van der Waals surface area contributed by atoms with Crippen LogP contribution in [-0.2, 0) is 13.0 Å². The molecule has 0 aliphatic rings. The molecule has 16 heavy (non-hydrogen) atoms. The van der Waals surface area contributed by atoms with Crippen molar-refractivity contribution >= 4 is 5.52 Å². The molecule has 0 aliphatic heterocycles. The summed E-state index contributed by atoms with van der Waals surface area (Å²) >= 11 is 0. The molecule has 0 amide bonds. The van der Waals surface area contributed by atoms with Crippen molar-refractivity contribution in [2.75, 3.05) is 0 Å². The predicted octanol–water partition coefficient (Wildman–Crippen LogP) is 2.38. The quantitative estimate of drug-likeness (QED) is 0.839. The van der Waals surface area contributed by atoms with Crippen LogP contribution in [0.4, 0.5) is 0 Å². The van der Waals surface area contributed by atoms with Gasteiger partial charge in [-0.15, -0.1) is 0 Å². The Morgan fingerprint density at radius 3 is 2.75 bits per heavy atom. The second kappa shape index (κ2) is 3.91. The van der Waals surface area contributed by atoms with Gasteiger partial charge in [0.25, 0.3) is 0 Å². The van der Waals surface area contributed by atoms with Gasteiger partial charge in [0, 0.05) is 19.2 Å². The Bertz CT molecular complexity index is 491. The molecule has 0 saturated heterocycles. The lowest BCUT2D eigenvalue weighted by molar-refractivity contribution is 0.400. The van der Waals surface area contributed by atoms with E-state index in [9.17, 15) is 0 Å². The summed E-state index contributed by atoms with van der Waals surface area (Å²) in [7, 11) is 0. The fraction of sp³-hybridized carbons (Fsp3) is 0.462. The van der Waals surface area contributed by atoms with Crippen molar-refractivity contribution in [3.05, 3.63) is 35.9 Å². The molecule has 2 heterocycles. The van der Waals surface area contributed by atoms with Crippen LogP contribution in [0.1, 0.15) is 32.2 Å². The molecule has 0 aromatic carbocycles. The minimum Gasteiger partial charge on any atom is -0.326 e. The third-order valence-corrected chi connectivity index (χ3v) is 2.64. The molecule has 2 aromatic rings. The number of aromatic nitrogens is 2. The molecule has 0 fully saturated rings. The lowest BCUT2D eigenvalue weighted by atomic mass is 9.92. The maximum atomic E-state index is 5.71. The predicted molar refractivity (Wildman–Crippen MR) is 66.2 cm³/mol. The summed E-state index contributed by atoms with van der Waals surface area (Å²) in [4.78, 5) is 4.50. The third-order valence-electron chi connectivity index (χ3n) is 2.64. The Morgan fingerprint density at radius 2 is 2.12 bits per heavy atom. The minimum atomic E-state index is 0.250. The first-order valence-electron chi connectivity index (χ1n) is 5.65. The zero-order valence-electron chi connectivity index (χ0n) is 10.2. The molecule has 0 atom stereocenters. The van der Waals surface area contributed by atoms with Crippen molar-refractivity contribution < 1.29 is 0 Å². The van der Waals surface area contributed by atoms with E-state index in [2.05, 4.69) is 42.4 Å². The lowest BCUT2D eigenvalue weighted by Gasteiger charge is -2.17. The number of pyridine rings is 1. The van der Waals surface area contributed by atoms with Gasteiger partial charge in [0.1, 0.15) is 5.82 Å². The first-order valence-corrected chi connectivity index (χ1v) is 5.65. The Balaban J connectivity index is 2.49. The van der Waals surface area contributed by atoms with E-state index in [-0.39, 0.29) is 5.41 Å². The molecule has 0 aliphatic carbocycles. The van der Waals surface area contributed by atoms with Crippen LogP contribution in [0.3, 0.4) is 0 Å². The summed E-state index contributed by atoms with van der Waals surface area (Å²) in [6, 6.07) is 4.08. The van der Waals surface area contributed by atoms with Crippen LogP contribution in [0.25, 0.3) is 5.52 Å². The van der Waals surface area contributed by atoms with Gasteiger partial charge in [0.15, 0.2) is 0 Å². The highest BCUT2D eigenvalue weighted by atomic mass is 15.0. The molecule has 2 N–H and O–H groups in total. The number of hydrogen-bond donors (Lipinski definition) is 1. The van der Waals surface area contributed by atoms with E-state index in [1.807, 2.05) is 12.3 Å². The van der Waals surface area contributed by atoms with Crippen LogP contribution in [-0.4, -0.2) is 9.38 Å². The van der Waals surface area contributed by atoms with Gasteiger partial charge in [-0.1, -0.05) is 26.8 Å². The highest BCUT2D eigenvalue weighted by molar-refractivity contribution is 5.54. The Kier molecular flexibility index (Phi) is 2.72. The van der Waals surface area contributed by atoms with E-state index in [0.717, 1.165) is 23.3 Å². The van der Waals surface area contributed by atoms with E-state index in [1.54, 1.807) is 0 Å². The number of nitrogens with zero attached hydrogens (tertiary/aromatic N) is 2. The van der Waals surface area contributed by atoms with Crippen molar-refractivity contribution in [2.45, 2.75) is 33.7 Å². The summed E-state index contributed by atoms with van der Waals surface area (Å²) < 4.78 is 2.15. The van der Waals surface area contributed by atoms with Crippen LogP contribution in [0.15, 0.2) is 24.5 Å². The summed E-state index contributed by atoms with van der Waals surface area (Å²) in [6.07, 6.45) is 4.95. The fourth-order valence-corrected chi connectivity index (χ4v) is 1.91. The van der Waals surface area contributed by atoms with Crippen molar-refractivity contribution in [1.82, 2.24) is 9.38 Å². The molecule has 0 spiro atoms. The van der Waals surface area contributed by atoms with E-state index in [1.165, 1.54) is 0 Å². The molecule has 3 nitrogen and oxygen atoms in total. The van der Waals surface area contributed by atoms with Crippen LogP contribution in [0.2, 0.25) is 0 Å². The average molecular weight is 217 g/mol. The molecule has 86 valence electrons. The van der Waals surface area contributed by atoms with Crippen molar-refractivity contribution in [3.8, 4) is 0 Å². The molecule has 0 unspecified atom stereocenters. The second-order valence-corrected chi connectivity index (χ2v) is 5.40. The van der Waals surface area contributed by atoms with E-state index >= 15 is 0 Å². The summed E-state index contributed by atoms with van der Waals surface area (Å²) in [6.45, 7) is 7.23. The number of imidazole rings is 1. The maximum Gasteiger partial charge on any atom is 0.113 e. The standard InChI is InChI=1S/C13H19N3/c1-13(2,3)7-12-15-9-11-10(8-14)5-4-6-16(11)12/h4-6,9H,7-8,14H2,1-3H3. The van der Waals surface area contributed by atoms with Gasteiger partial charge in [-0.05, 0) is 17.0 Å². The first kappa shape index (κ1) is 11.1. The van der Waals surface area contributed by atoms with Gasteiger partial charge in [-0.2, -0.15) is 0 Å². The monoisotopic (exact) mass is 217 g/mol. The number of fused-ring (bicyclic) bond motifs is 1. The van der Waals surface area contributed by atoms with Crippen LogP contribution < -0.4 is 5.73 Å². The van der Waals surface area contributed by atoms with E-state index < -0.39 is 0 Å². The number of nitrogens with two attached hydrogens (primary N) is 1. The third kappa shape index (κ3) is 2.09. The SMILES string of the molecule is CC(C)(C)Cc1ncc2c(CN)cccn12. The van der Waals surface area contributed by atoms with Crippen LogP contribution in [0, 0.1) is 5.41 Å². The highest BCUT2D eigenvalue weighted by Gasteiger charge is 2.15. The van der Waals surface area contributed by atoms with Crippen molar-refractivity contribution in [1.29, 1.82) is 0 Å². The topological polar surface area (TPSA) is 43.3 Å². The summed E-state index contributed by atoms with van der Waals surface area (Å²) in [5, 5.41) is 0. The Hall–Kier alpha value is -1.35. The van der Waals surface area contributed by atoms with Crippen LogP contribution in [0.5, 0.6) is 0 Å². The highest BCUT2D eigenvalue weighted by Crippen LogP contribution is 2.21. The molecular formula is C13H19N3. The second-order valence-electron chi connectivity index (χ2n) is 5.40. The van der Waals surface area contributed by atoms with Crippen LogP contribution >= 0.6 is 0 Å². The molecular weight excluding hydrogens is 198 g/mol. The molecule has 0 radical (unpaired) electrons. The van der Waals surface area contributed by atoms with Gasteiger partial charge >= 0.3 is 0 Å². The summed E-state index contributed by atoms with van der Waals surface area (Å²) in [5.74, 6) is 1.11. The lowest BCUT2D eigenvalue weighted by Crippen LogP contribution is -2.12. The Morgan fingerprint density at radius 1 is 1.38 bits per heavy atom. The van der Waals surface area contributed by atoms with E-state index in [4.69, 9.17) is 5.73 Å². The minimum absolute atomic E-state index is 0.250. The van der Waals surface area contributed by atoms with E-state index in [0.29, 0.717) is 6.54 Å². The maximum absolute atomic E-state index is 5.71. The molecule has 2 aromatic heterocycles. The molecule has 2 rings (SSSR count). The zero-order valence-corrected chi connectivity index (χ0v) is 10.2. The number of hydrogen-bond acceptors (Lipinski definition) is 2. The van der Waals surface area contributed by atoms with Gasteiger partial charge in [0.05, 0.1) is 11.7 Å². The molecule has 0 bridgehead atoms. The van der Waals surface area contributed by atoms with Gasteiger partial charge in [-0.3, -0.25) is 0 Å². The van der Waals surface area contributed by atoms with Gasteiger partial charge in [-0.25, -0.2) is 4.98 Å². The molecule has 0 saturated carbocycles. The van der Waals surface area contributed by atoms with Gasteiger partial charge in [0.2, 0.25) is 0 Å². The average Bonchev–Trinajstić information content (AvgIpc) is 2.59. The first-order chi connectivity index (χ1) is 7.51. The Labute approximate surface area is 96.3 Å². The van der Waals surface area contributed by atoms with Crippen molar-refractivity contribution in [2.24, 2.45) is 11.1 Å². The largest absolute Gasteiger partial charge is 0.326 e.